The van der Waals surface area contributed by atoms with E-state index in [0.717, 1.165) is 15.1 Å². The lowest BCUT2D eigenvalue weighted by atomic mass is 10.2. The Morgan fingerprint density at radius 1 is 1.20 bits per heavy atom. The van der Waals surface area contributed by atoms with Crippen LogP contribution < -0.4 is 9.46 Å². The van der Waals surface area contributed by atoms with Crippen LogP contribution in [0, 0.1) is 14.9 Å². The Labute approximate surface area is 161 Å². The summed E-state index contributed by atoms with van der Waals surface area (Å²) in [6.07, 6.45) is 1.25. The molecule has 0 atom stereocenters. The van der Waals surface area contributed by atoms with Crippen LogP contribution in [0.3, 0.4) is 0 Å². The van der Waals surface area contributed by atoms with Gasteiger partial charge in [0.1, 0.15) is 23.9 Å². The van der Waals surface area contributed by atoms with Gasteiger partial charge >= 0.3 is 0 Å². The second-order valence-electron chi connectivity index (χ2n) is 4.65. The summed E-state index contributed by atoms with van der Waals surface area (Å²) in [4.78, 5) is 3.72. The summed E-state index contributed by atoms with van der Waals surface area (Å²) in [6.45, 7) is 0. The van der Waals surface area contributed by atoms with Crippen molar-refractivity contribution in [2.45, 2.75) is 4.90 Å². The van der Waals surface area contributed by atoms with E-state index in [1.807, 2.05) is 24.3 Å². The number of rotatable bonds is 5. The van der Waals surface area contributed by atoms with Gasteiger partial charge in [0.15, 0.2) is 0 Å². The summed E-state index contributed by atoms with van der Waals surface area (Å²) in [5, 5.41) is 9.50. The summed E-state index contributed by atoms with van der Waals surface area (Å²) in [6, 6.07) is 13.4. The van der Waals surface area contributed by atoms with Crippen molar-refractivity contribution in [1.82, 2.24) is 9.36 Å². The molecule has 0 aliphatic heterocycles. The maximum atomic E-state index is 12.4. The van der Waals surface area contributed by atoms with Crippen LogP contribution in [0.25, 0.3) is 0 Å². The fraction of sp³-hybridized carbons (Fsp3) is 0. The monoisotopic (exact) mass is 484 g/mol. The predicted octanol–water partition coefficient (Wildman–Crippen LogP) is 3.61. The second-order valence-corrected chi connectivity index (χ2v) is 8.28. The number of anilines is 1. The van der Waals surface area contributed by atoms with Gasteiger partial charge in [0.2, 0.25) is 5.13 Å². The van der Waals surface area contributed by atoms with Gasteiger partial charge in [-0.15, -0.1) is 0 Å². The number of halogens is 1. The van der Waals surface area contributed by atoms with Crippen molar-refractivity contribution >= 4 is 49.3 Å². The normalized spacial score (nSPS) is 10.9. The SMILES string of the molecule is N#Cc1cc(S(=O)(=O)Nc2ncns2)ccc1Oc1ccccc1I. The van der Waals surface area contributed by atoms with Crippen molar-refractivity contribution in [3.63, 3.8) is 0 Å². The molecule has 0 aliphatic carbocycles. The molecule has 0 amide bonds. The molecule has 3 aromatic rings. The molecule has 25 heavy (non-hydrogen) atoms. The van der Waals surface area contributed by atoms with Crippen molar-refractivity contribution in [3.05, 3.63) is 57.9 Å². The molecule has 10 heteroatoms. The number of sulfonamides is 1. The topological polar surface area (TPSA) is 105 Å². The van der Waals surface area contributed by atoms with Crippen LogP contribution >= 0.6 is 34.1 Å². The lowest BCUT2D eigenvalue weighted by Crippen LogP contribution is -2.13. The Morgan fingerprint density at radius 2 is 2.00 bits per heavy atom. The van der Waals surface area contributed by atoms with Gasteiger partial charge in [-0.25, -0.2) is 13.4 Å². The molecule has 126 valence electrons. The molecule has 1 N–H and O–H groups in total. The molecule has 0 spiro atoms. The summed E-state index contributed by atoms with van der Waals surface area (Å²) in [7, 11) is -3.86. The molecule has 1 aromatic heterocycles. The number of nitrogens with zero attached hydrogens (tertiary/aromatic N) is 3. The smallest absolute Gasteiger partial charge is 0.263 e. The molecule has 3 rings (SSSR count). The van der Waals surface area contributed by atoms with Gasteiger partial charge in [0.25, 0.3) is 10.0 Å². The van der Waals surface area contributed by atoms with Crippen LogP contribution in [0.1, 0.15) is 5.56 Å². The molecule has 0 saturated heterocycles. The highest BCUT2D eigenvalue weighted by Gasteiger charge is 2.18. The number of hydrogen-bond donors (Lipinski definition) is 1. The van der Waals surface area contributed by atoms with E-state index in [2.05, 4.69) is 36.7 Å². The van der Waals surface area contributed by atoms with Gasteiger partial charge in [-0.05, 0) is 52.9 Å². The van der Waals surface area contributed by atoms with Crippen molar-refractivity contribution in [2.24, 2.45) is 0 Å². The maximum absolute atomic E-state index is 12.4. The molecule has 0 bridgehead atoms. The van der Waals surface area contributed by atoms with Gasteiger partial charge in [-0.3, -0.25) is 4.72 Å². The Hall–Kier alpha value is -2.23. The second kappa shape index (κ2) is 7.34. The van der Waals surface area contributed by atoms with Crippen molar-refractivity contribution in [1.29, 1.82) is 5.26 Å². The molecule has 0 saturated carbocycles. The van der Waals surface area contributed by atoms with Crippen LogP contribution in [-0.4, -0.2) is 17.8 Å². The third-order valence-electron chi connectivity index (χ3n) is 3.02. The van der Waals surface area contributed by atoms with Crippen molar-refractivity contribution in [3.8, 4) is 17.6 Å². The van der Waals surface area contributed by atoms with E-state index >= 15 is 0 Å². The lowest BCUT2D eigenvalue weighted by Gasteiger charge is -2.11. The fourth-order valence-corrected chi connectivity index (χ4v) is 4.08. The Bertz CT molecular complexity index is 1050. The first-order valence-corrected chi connectivity index (χ1v) is 10.1. The fourth-order valence-electron chi connectivity index (χ4n) is 1.89. The van der Waals surface area contributed by atoms with E-state index < -0.39 is 10.0 Å². The zero-order chi connectivity index (χ0) is 17.9. The highest BCUT2D eigenvalue weighted by atomic mass is 127. The van der Waals surface area contributed by atoms with Crippen LogP contribution in [0.2, 0.25) is 0 Å². The zero-order valence-corrected chi connectivity index (χ0v) is 16.2. The molecular weight excluding hydrogens is 475 g/mol. The maximum Gasteiger partial charge on any atom is 0.263 e. The summed E-state index contributed by atoms with van der Waals surface area (Å²) >= 11 is 3.04. The van der Waals surface area contributed by atoms with E-state index in [9.17, 15) is 13.7 Å². The minimum atomic E-state index is -3.86. The van der Waals surface area contributed by atoms with Gasteiger partial charge < -0.3 is 4.74 Å². The molecule has 1 heterocycles. The summed E-state index contributed by atoms with van der Waals surface area (Å²) in [5.41, 5.74) is 0.111. The Morgan fingerprint density at radius 3 is 2.68 bits per heavy atom. The third kappa shape index (κ3) is 4.06. The molecule has 2 aromatic carbocycles. The van der Waals surface area contributed by atoms with E-state index in [1.54, 1.807) is 6.07 Å². The molecule has 0 aliphatic rings. The van der Waals surface area contributed by atoms with Gasteiger partial charge in [-0.1, -0.05) is 12.1 Å². The first-order chi connectivity index (χ1) is 12.0. The van der Waals surface area contributed by atoms with E-state index in [-0.39, 0.29) is 21.3 Å². The van der Waals surface area contributed by atoms with Gasteiger partial charge in [0, 0.05) is 11.5 Å². The van der Waals surface area contributed by atoms with Crippen LogP contribution in [0.5, 0.6) is 11.5 Å². The first-order valence-electron chi connectivity index (χ1n) is 6.75. The van der Waals surface area contributed by atoms with Crippen LogP contribution in [-0.2, 0) is 10.0 Å². The van der Waals surface area contributed by atoms with E-state index in [4.69, 9.17) is 4.74 Å². The van der Waals surface area contributed by atoms with Crippen LogP contribution in [0.4, 0.5) is 5.13 Å². The van der Waals surface area contributed by atoms with Crippen molar-refractivity contribution < 1.29 is 13.2 Å². The van der Waals surface area contributed by atoms with Crippen molar-refractivity contribution in [2.75, 3.05) is 4.72 Å². The molecule has 0 radical (unpaired) electrons. The van der Waals surface area contributed by atoms with Gasteiger partial charge in [-0.2, -0.15) is 9.64 Å². The summed E-state index contributed by atoms with van der Waals surface area (Å²) in [5.74, 6) is 0.865. The number of para-hydroxylation sites is 1. The predicted molar refractivity (Wildman–Crippen MR) is 101 cm³/mol. The highest BCUT2D eigenvalue weighted by molar-refractivity contribution is 14.1. The largest absolute Gasteiger partial charge is 0.455 e. The van der Waals surface area contributed by atoms with E-state index in [0.29, 0.717) is 5.75 Å². The average molecular weight is 484 g/mol. The van der Waals surface area contributed by atoms with Crippen LogP contribution in [0.15, 0.2) is 53.7 Å². The number of nitriles is 1. The molecule has 0 unspecified atom stereocenters. The first kappa shape index (κ1) is 17.6. The number of aromatic nitrogens is 2. The minimum absolute atomic E-state index is 0.0608. The number of ether oxygens (including phenoxy) is 1. The Kier molecular flexibility index (Phi) is 5.16. The molecule has 7 nitrogen and oxygen atoms in total. The number of hydrogen-bond acceptors (Lipinski definition) is 7. The quantitative estimate of drug-likeness (QED) is 0.555. The highest BCUT2D eigenvalue weighted by Crippen LogP contribution is 2.30. The van der Waals surface area contributed by atoms with E-state index in [1.165, 1.54) is 24.5 Å². The average Bonchev–Trinajstić information content (AvgIpc) is 3.09. The zero-order valence-electron chi connectivity index (χ0n) is 12.4. The molecule has 0 fully saturated rings. The van der Waals surface area contributed by atoms with Gasteiger partial charge in [0.05, 0.1) is 14.0 Å². The summed E-state index contributed by atoms with van der Waals surface area (Å²) < 4.78 is 37.4. The Balaban J connectivity index is 1.92. The lowest BCUT2D eigenvalue weighted by molar-refractivity contribution is 0.477. The third-order valence-corrected chi connectivity index (χ3v) is 5.96. The standard InChI is InChI=1S/C15H9IN4O3S2/c16-12-3-1-2-4-14(12)23-13-6-5-11(7-10(13)8-17)25(21,22)20-15-18-9-19-24-15/h1-7,9H,(H,18,19,20). The number of nitrogens with one attached hydrogen (secondary N) is 1. The minimum Gasteiger partial charge on any atom is -0.455 e. The molecular formula is C15H9IN4O3S2. The number of benzene rings is 2.